The minimum absolute atomic E-state index is 0.0335. The van der Waals surface area contributed by atoms with Gasteiger partial charge in [-0.1, -0.05) is 27.2 Å². The summed E-state index contributed by atoms with van der Waals surface area (Å²) >= 11 is 0. The van der Waals surface area contributed by atoms with Crippen LogP contribution in [0.4, 0.5) is 0 Å². The average molecular weight is 215 g/mol. The minimum Gasteiger partial charge on any atom is -0.353 e. The van der Waals surface area contributed by atoms with Gasteiger partial charge in [-0.2, -0.15) is 0 Å². The van der Waals surface area contributed by atoms with E-state index in [1.54, 1.807) is 0 Å². The third-order valence-electron chi connectivity index (χ3n) is 2.89. The predicted molar refractivity (Wildman–Crippen MR) is 63.6 cm³/mol. The SMILES string of the molecule is CCC(C)C(N)C(=O)NCCN(C)CC. The Hall–Kier alpha value is -0.610. The number of likely N-dealkylation sites (N-methyl/N-ethyl adjacent to an activating group) is 1. The molecule has 3 N–H and O–H groups in total. The Kier molecular flexibility index (Phi) is 7.34. The van der Waals surface area contributed by atoms with Crippen LogP contribution in [0.15, 0.2) is 0 Å². The van der Waals surface area contributed by atoms with Crippen LogP contribution < -0.4 is 11.1 Å². The summed E-state index contributed by atoms with van der Waals surface area (Å²) in [5.74, 6) is 0.211. The molecule has 15 heavy (non-hydrogen) atoms. The molecule has 0 aliphatic heterocycles. The van der Waals surface area contributed by atoms with Crippen LogP contribution in [0.2, 0.25) is 0 Å². The minimum atomic E-state index is -0.373. The topological polar surface area (TPSA) is 58.4 Å². The van der Waals surface area contributed by atoms with E-state index in [1.165, 1.54) is 0 Å². The molecule has 0 rings (SSSR count). The van der Waals surface area contributed by atoms with Crippen LogP contribution in [0, 0.1) is 5.92 Å². The lowest BCUT2D eigenvalue weighted by Crippen LogP contribution is -2.46. The lowest BCUT2D eigenvalue weighted by Gasteiger charge is -2.19. The Labute approximate surface area is 93.2 Å². The summed E-state index contributed by atoms with van der Waals surface area (Å²) in [6.07, 6.45) is 0.934. The van der Waals surface area contributed by atoms with Crippen LogP contribution in [0.1, 0.15) is 27.2 Å². The first-order chi connectivity index (χ1) is 7.02. The summed E-state index contributed by atoms with van der Waals surface area (Å²) in [4.78, 5) is 13.7. The highest BCUT2D eigenvalue weighted by Crippen LogP contribution is 2.04. The van der Waals surface area contributed by atoms with Crippen LogP contribution in [0.5, 0.6) is 0 Å². The van der Waals surface area contributed by atoms with Gasteiger partial charge in [-0.15, -0.1) is 0 Å². The zero-order valence-corrected chi connectivity index (χ0v) is 10.4. The van der Waals surface area contributed by atoms with Crippen molar-refractivity contribution < 1.29 is 4.79 Å². The Bertz CT molecular complexity index is 185. The normalized spacial score (nSPS) is 15.1. The fraction of sp³-hybridized carbons (Fsp3) is 0.909. The van der Waals surface area contributed by atoms with Crippen LogP contribution in [-0.4, -0.2) is 43.5 Å². The van der Waals surface area contributed by atoms with Crippen molar-refractivity contribution in [1.29, 1.82) is 0 Å². The van der Waals surface area contributed by atoms with Crippen molar-refractivity contribution in [2.45, 2.75) is 33.2 Å². The van der Waals surface area contributed by atoms with Crippen molar-refractivity contribution in [1.82, 2.24) is 10.2 Å². The van der Waals surface area contributed by atoms with Gasteiger partial charge in [-0.3, -0.25) is 4.79 Å². The third-order valence-corrected chi connectivity index (χ3v) is 2.89. The van der Waals surface area contributed by atoms with Crippen LogP contribution in [-0.2, 0) is 4.79 Å². The molecule has 0 heterocycles. The highest BCUT2D eigenvalue weighted by molar-refractivity contribution is 5.81. The molecule has 0 aromatic carbocycles. The van der Waals surface area contributed by atoms with Gasteiger partial charge in [0.15, 0.2) is 0 Å². The van der Waals surface area contributed by atoms with Crippen LogP contribution in [0.25, 0.3) is 0 Å². The van der Waals surface area contributed by atoms with E-state index < -0.39 is 0 Å². The number of hydrogen-bond acceptors (Lipinski definition) is 3. The summed E-state index contributed by atoms with van der Waals surface area (Å²) in [6, 6.07) is -0.373. The fourth-order valence-electron chi connectivity index (χ4n) is 1.16. The molecule has 1 amide bonds. The van der Waals surface area contributed by atoms with E-state index in [2.05, 4.69) is 17.1 Å². The van der Waals surface area contributed by atoms with Gasteiger partial charge >= 0.3 is 0 Å². The summed E-state index contributed by atoms with van der Waals surface area (Å²) in [7, 11) is 2.03. The molecule has 4 nitrogen and oxygen atoms in total. The highest BCUT2D eigenvalue weighted by Gasteiger charge is 2.18. The number of amides is 1. The number of rotatable bonds is 7. The molecule has 0 fully saturated rings. The van der Waals surface area contributed by atoms with Crippen molar-refractivity contribution in [2.75, 3.05) is 26.7 Å². The molecule has 0 aliphatic carbocycles. The summed E-state index contributed by atoms with van der Waals surface area (Å²) in [5.41, 5.74) is 5.79. The van der Waals surface area contributed by atoms with E-state index in [1.807, 2.05) is 20.9 Å². The van der Waals surface area contributed by atoms with Crippen molar-refractivity contribution in [3.8, 4) is 0 Å². The average Bonchev–Trinajstić information content (AvgIpc) is 2.26. The molecular weight excluding hydrogens is 190 g/mol. The molecule has 0 radical (unpaired) electrons. The molecule has 0 aromatic rings. The summed E-state index contributed by atoms with van der Waals surface area (Å²) in [6.45, 7) is 8.67. The molecule has 0 aromatic heterocycles. The van der Waals surface area contributed by atoms with Gasteiger partial charge < -0.3 is 16.0 Å². The number of nitrogens with two attached hydrogens (primary N) is 1. The second kappa shape index (κ2) is 7.65. The monoisotopic (exact) mass is 215 g/mol. The number of carbonyl (C=O) groups is 1. The first-order valence-electron chi connectivity index (χ1n) is 5.74. The maximum atomic E-state index is 11.6. The molecule has 0 saturated carbocycles. The van der Waals surface area contributed by atoms with Crippen molar-refractivity contribution in [2.24, 2.45) is 11.7 Å². The predicted octanol–water partition coefficient (Wildman–Crippen LogP) is 0.428. The van der Waals surface area contributed by atoms with Crippen LogP contribution in [0.3, 0.4) is 0 Å². The molecule has 0 aliphatic rings. The standard InChI is InChI=1S/C11H25N3O/c1-5-9(3)10(12)11(15)13-7-8-14(4)6-2/h9-10H,5-8,12H2,1-4H3,(H,13,15). The van der Waals surface area contributed by atoms with E-state index in [0.717, 1.165) is 19.5 Å². The largest absolute Gasteiger partial charge is 0.353 e. The second-order valence-electron chi connectivity index (χ2n) is 4.10. The zero-order chi connectivity index (χ0) is 11.8. The Morgan fingerprint density at radius 1 is 1.47 bits per heavy atom. The smallest absolute Gasteiger partial charge is 0.237 e. The number of hydrogen-bond donors (Lipinski definition) is 2. The van der Waals surface area contributed by atoms with E-state index >= 15 is 0 Å². The van der Waals surface area contributed by atoms with Crippen molar-refractivity contribution in [3.05, 3.63) is 0 Å². The van der Waals surface area contributed by atoms with Crippen molar-refractivity contribution >= 4 is 5.91 Å². The maximum absolute atomic E-state index is 11.6. The van der Waals surface area contributed by atoms with E-state index in [4.69, 9.17) is 5.73 Å². The lowest BCUT2D eigenvalue weighted by molar-refractivity contribution is -0.123. The first-order valence-corrected chi connectivity index (χ1v) is 5.74. The van der Waals surface area contributed by atoms with Gasteiger partial charge in [0.05, 0.1) is 6.04 Å². The number of nitrogens with zero attached hydrogens (tertiary/aromatic N) is 1. The quantitative estimate of drug-likeness (QED) is 0.647. The highest BCUT2D eigenvalue weighted by atomic mass is 16.2. The van der Waals surface area contributed by atoms with Gasteiger partial charge in [0, 0.05) is 13.1 Å². The van der Waals surface area contributed by atoms with Gasteiger partial charge in [-0.05, 0) is 19.5 Å². The van der Waals surface area contributed by atoms with Gasteiger partial charge in [-0.25, -0.2) is 0 Å². The number of carbonyl (C=O) groups excluding carboxylic acids is 1. The summed E-state index contributed by atoms with van der Waals surface area (Å²) in [5, 5.41) is 2.86. The molecule has 2 unspecified atom stereocenters. The molecule has 0 saturated heterocycles. The summed E-state index contributed by atoms with van der Waals surface area (Å²) < 4.78 is 0. The third kappa shape index (κ3) is 5.74. The van der Waals surface area contributed by atoms with Gasteiger partial charge in [0.2, 0.25) is 5.91 Å². The first kappa shape index (κ1) is 14.4. The van der Waals surface area contributed by atoms with E-state index in [-0.39, 0.29) is 17.9 Å². The fourth-order valence-corrected chi connectivity index (χ4v) is 1.16. The maximum Gasteiger partial charge on any atom is 0.237 e. The number of nitrogens with one attached hydrogen (secondary N) is 1. The van der Waals surface area contributed by atoms with E-state index in [0.29, 0.717) is 6.54 Å². The molecule has 90 valence electrons. The lowest BCUT2D eigenvalue weighted by atomic mass is 9.99. The van der Waals surface area contributed by atoms with E-state index in [9.17, 15) is 4.79 Å². The Morgan fingerprint density at radius 3 is 2.53 bits per heavy atom. The molecule has 4 heteroatoms. The molecule has 2 atom stereocenters. The Morgan fingerprint density at radius 2 is 2.07 bits per heavy atom. The second-order valence-corrected chi connectivity index (χ2v) is 4.10. The van der Waals surface area contributed by atoms with Gasteiger partial charge in [0.25, 0.3) is 0 Å². The molecule has 0 bridgehead atoms. The Balaban J connectivity index is 3.74. The van der Waals surface area contributed by atoms with Crippen LogP contribution >= 0.6 is 0 Å². The molecular formula is C11H25N3O. The molecule has 0 spiro atoms. The van der Waals surface area contributed by atoms with Crippen molar-refractivity contribution in [3.63, 3.8) is 0 Å². The van der Waals surface area contributed by atoms with Gasteiger partial charge in [0.1, 0.15) is 0 Å². The zero-order valence-electron chi connectivity index (χ0n) is 10.4.